The molecule has 0 rings (SSSR count). The van der Waals surface area contributed by atoms with Gasteiger partial charge in [-0.15, -0.1) is 0 Å². The van der Waals surface area contributed by atoms with Gasteiger partial charge in [0.1, 0.15) is 6.10 Å². The first-order chi connectivity index (χ1) is 7.66. The van der Waals surface area contributed by atoms with E-state index >= 15 is 0 Å². The molecular formula is C11H16F4O2. The molecule has 0 saturated heterocycles. The Balaban J connectivity index is 4.52. The summed E-state index contributed by atoms with van der Waals surface area (Å²) in [4.78, 5) is 10.7. The van der Waals surface area contributed by atoms with E-state index < -0.39 is 36.8 Å². The molecule has 0 bridgehead atoms. The minimum atomic E-state index is -4.19. The number of carbonyl (C=O) groups is 1. The van der Waals surface area contributed by atoms with Crippen LogP contribution in [0, 0.1) is 0 Å². The van der Waals surface area contributed by atoms with Crippen molar-refractivity contribution < 1.29 is 27.1 Å². The van der Waals surface area contributed by atoms with Gasteiger partial charge < -0.3 is 4.74 Å². The molecule has 17 heavy (non-hydrogen) atoms. The Kier molecular flexibility index (Phi) is 5.64. The number of esters is 1. The van der Waals surface area contributed by atoms with Crippen LogP contribution in [0.3, 0.4) is 0 Å². The van der Waals surface area contributed by atoms with Crippen LogP contribution in [0.1, 0.15) is 33.1 Å². The number of hydrogen-bond acceptors (Lipinski definition) is 2. The minimum Gasteiger partial charge on any atom is -0.459 e. The number of ether oxygens (including phenoxy) is 1. The molecule has 0 radical (unpaired) electrons. The van der Waals surface area contributed by atoms with Gasteiger partial charge in [0.2, 0.25) is 0 Å². The fourth-order valence-electron chi connectivity index (χ4n) is 1.30. The summed E-state index contributed by atoms with van der Waals surface area (Å²) in [6.07, 6.45) is -2.66. The van der Waals surface area contributed by atoms with Gasteiger partial charge in [-0.2, -0.15) is 17.6 Å². The van der Waals surface area contributed by atoms with E-state index in [9.17, 15) is 22.4 Å². The summed E-state index contributed by atoms with van der Waals surface area (Å²) in [6.45, 7) is 5.61. The predicted octanol–water partition coefficient (Wildman–Crippen LogP) is 3.56. The topological polar surface area (TPSA) is 26.3 Å². The smallest absolute Gasteiger partial charge is 0.330 e. The zero-order valence-electron chi connectivity index (χ0n) is 9.81. The normalized spacial score (nSPS) is 14.2. The van der Waals surface area contributed by atoms with Crippen LogP contribution >= 0.6 is 0 Å². The highest BCUT2D eigenvalue weighted by molar-refractivity contribution is 5.81. The lowest BCUT2D eigenvalue weighted by Crippen LogP contribution is -2.43. The first-order valence-electron chi connectivity index (χ1n) is 5.25. The van der Waals surface area contributed by atoms with Gasteiger partial charge in [0.25, 0.3) is 0 Å². The number of halogens is 4. The Morgan fingerprint density at radius 3 is 2.29 bits per heavy atom. The van der Waals surface area contributed by atoms with E-state index in [1.807, 2.05) is 0 Å². The molecular weight excluding hydrogens is 240 g/mol. The number of carbonyl (C=O) groups excluding carboxylic acids is 1. The molecule has 1 unspecified atom stereocenters. The molecule has 0 heterocycles. The van der Waals surface area contributed by atoms with Crippen molar-refractivity contribution in [1.82, 2.24) is 0 Å². The molecule has 6 heteroatoms. The summed E-state index contributed by atoms with van der Waals surface area (Å²) in [5, 5.41) is 0. The van der Waals surface area contributed by atoms with Crippen molar-refractivity contribution in [2.75, 3.05) is 0 Å². The van der Waals surface area contributed by atoms with E-state index in [0.29, 0.717) is 0 Å². The maximum atomic E-state index is 13.2. The van der Waals surface area contributed by atoms with Gasteiger partial charge in [-0.05, 0) is 6.92 Å². The molecule has 2 nitrogen and oxygen atoms in total. The summed E-state index contributed by atoms with van der Waals surface area (Å²) in [6, 6.07) is 0. The van der Waals surface area contributed by atoms with E-state index in [-0.39, 0.29) is 6.42 Å². The summed E-state index contributed by atoms with van der Waals surface area (Å²) < 4.78 is 57.0. The second-order valence-corrected chi connectivity index (χ2v) is 3.81. The zero-order valence-corrected chi connectivity index (χ0v) is 9.81. The van der Waals surface area contributed by atoms with Crippen LogP contribution in [0.4, 0.5) is 17.6 Å². The van der Waals surface area contributed by atoms with Gasteiger partial charge in [-0.3, -0.25) is 0 Å². The van der Waals surface area contributed by atoms with Gasteiger partial charge in [-0.25, -0.2) is 4.79 Å². The Morgan fingerprint density at radius 2 is 1.88 bits per heavy atom. The zero-order chi connectivity index (χ0) is 13.7. The third-order valence-corrected chi connectivity index (χ3v) is 2.13. The molecule has 0 aliphatic heterocycles. The van der Waals surface area contributed by atoms with Crippen LogP contribution in [-0.4, -0.2) is 23.9 Å². The molecule has 0 spiro atoms. The summed E-state index contributed by atoms with van der Waals surface area (Å²) in [5.74, 6) is -9.19. The van der Waals surface area contributed by atoms with Crippen LogP contribution in [0.2, 0.25) is 0 Å². The number of alkyl halides is 4. The van der Waals surface area contributed by atoms with E-state index in [0.717, 1.165) is 13.0 Å². The lowest BCUT2D eigenvalue weighted by molar-refractivity contribution is -0.225. The Labute approximate surface area is 97.6 Å². The summed E-state index contributed by atoms with van der Waals surface area (Å²) >= 11 is 0. The Hall–Kier alpha value is -1.07. The Bertz CT molecular complexity index is 277. The fourth-order valence-corrected chi connectivity index (χ4v) is 1.30. The van der Waals surface area contributed by atoms with Crippen LogP contribution in [0.15, 0.2) is 12.7 Å². The van der Waals surface area contributed by atoms with Gasteiger partial charge in [0, 0.05) is 12.5 Å². The van der Waals surface area contributed by atoms with Crippen molar-refractivity contribution in [3.63, 3.8) is 0 Å². The highest BCUT2D eigenvalue weighted by atomic mass is 19.3. The lowest BCUT2D eigenvalue weighted by atomic mass is 10.0. The molecule has 0 aromatic carbocycles. The Morgan fingerprint density at radius 1 is 1.35 bits per heavy atom. The number of hydrogen-bond donors (Lipinski definition) is 0. The third-order valence-electron chi connectivity index (χ3n) is 2.13. The quantitative estimate of drug-likeness (QED) is 0.395. The van der Waals surface area contributed by atoms with E-state index in [1.165, 1.54) is 6.92 Å². The molecule has 0 aromatic heterocycles. The van der Waals surface area contributed by atoms with Crippen LogP contribution < -0.4 is 0 Å². The molecule has 0 fully saturated rings. The second-order valence-electron chi connectivity index (χ2n) is 3.81. The number of rotatable bonds is 7. The molecule has 100 valence electrons. The minimum absolute atomic E-state index is 0.0522. The van der Waals surface area contributed by atoms with E-state index in [2.05, 4.69) is 11.3 Å². The van der Waals surface area contributed by atoms with E-state index in [4.69, 9.17) is 0 Å². The molecule has 0 saturated carbocycles. The molecule has 0 aliphatic carbocycles. The monoisotopic (exact) mass is 256 g/mol. The third kappa shape index (κ3) is 4.75. The molecule has 0 aliphatic rings. The van der Waals surface area contributed by atoms with Crippen LogP contribution in [0.25, 0.3) is 0 Å². The average Bonchev–Trinajstić information content (AvgIpc) is 2.15. The molecule has 1 atom stereocenters. The predicted molar refractivity (Wildman–Crippen MR) is 55.2 cm³/mol. The first kappa shape index (κ1) is 15.9. The summed E-state index contributed by atoms with van der Waals surface area (Å²) in [7, 11) is 0. The molecule has 0 amide bonds. The largest absolute Gasteiger partial charge is 0.459 e. The highest BCUT2D eigenvalue weighted by Crippen LogP contribution is 2.41. The van der Waals surface area contributed by atoms with E-state index in [1.54, 1.807) is 0 Å². The maximum Gasteiger partial charge on any atom is 0.330 e. The maximum absolute atomic E-state index is 13.2. The van der Waals surface area contributed by atoms with Crippen molar-refractivity contribution in [3.05, 3.63) is 12.7 Å². The lowest BCUT2D eigenvalue weighted by Gasteiger charge is -2.28. The van der Waals surface area contributed by atoms with Crippen LogP contribution in [-0.2, 0) is 9.53 Å². The fraction of sp³-hybridized carbons (Fsp3) is 0.727. The highest BCUT2D eigenvalue weighted by Gasteiger charge is 2.55. The van der Waals surface area contributed by atoms with Crippen LogP contribution in [0.5, 0.6) is 0 Å². The SMILES string of the molecule is C=CC(=O)OC(C)CC(F)(F)C(F)(F)CCC. The van der Waals surface area contributed by atoms with Gasteiger partial charge in [-0.1, -0.05) is 19.9 Å². The van der Waals surface area contributed by atoms with Crippen molar-refractivity contribution in [3.8, 4) is 0 Å². The average molecular weight is 256 g/mol. The summed E-state index contributed by atoms with van der Waals surface area (Å²) in [5.41, 5.74) is 0. The van der Waals surface area contributed by atoms with Crippen molar-refractivity contribution in [2.45, 2.75) is 51.1 Å². The van der Waals surface area contributed by atoms with Crippen molar-refractivity contribution in [1.29, 1.82) is 0 Å². The standard InChI is InChI=1S/C11H16F4O2/c1-4-6-10(12,13)11(14,15)7-8(3)17-9(16)5-2/h5,8H,2,4,6-7H2,1,3H3. The van der Waals surface area contributed by atoms with Gasteiger partial charge in [0.15, 0.2) is 0 Å². The van der Waals surface area contributed by atoms with Gasteiger partial charge in [0.05, 0.1) is 6.42 Å². The van der Waals surface area contributed by atoms with Gasteiger partial charge >= 0.3 is 17.8 Å². The van der Waals surface area contributed by atoms with Crippen molar-refractivity contribution >= 4 is 5.97 Å². The second kappa shape index (κ2) is 6.02. The first-order valence-corrected chi connectivity index (χ1v) is 5.25. The molecule has 0 aromatic rings. The molecule has 0 N–H and O–H groups in total. The van der Waals surface area contributed by atoms with Crippen molar-refractivity contribution in [2.24, 2.45) is 0 Å².